The second-order valence-corrected chi connectivity index (χ2v) is 4.42. The average molecular weight is 198 g/mol. The van der Waals surface area contributed by atoms with Crippen molar-refractivity contribution >= 4 is 6.09 Å². The summed E-state index contributed by atoms with van der Waals surface area (Å²) in [7, 11) is 0. The van der Waals surface area contributed by atoms with Crippen LogP contribution < -0.4 is 5.32 Å². The minimum atomic E-state index is -0.142. The highest BCUT2D eigenvalue weighted by Gasteiger charge is 2.36. The Morgan fingerprint density at radius 3 is 2.71 bits per heavy atom. The Bertz CT molecular complexity index is 222. The highest BCUT2D eigenvalue weighted by Crippen LogP contribution is 2.22. The van der Waals surface area contributed by atoms with Gasteiger partial charge in [-0.05, 0) is 26.7 Å². The molecular weight excluding hydrogens is 180 g/mol. The summed E-state index contributed by atoms with van der Waals surface area (Å²) < 4.78 is 5.20. The van der Waals surface area contributed by atoms with Gasteiger partial charge in [-0.15, -0.1) is 0 Å². The smallest absolute Gasteiger partial charge is 0.410 e. The Balaban J connectivity index is 1.94. The molecule has 3 heterocycles. The van der Waals surface area contributed by atoms with E-state index < -0.39 is 0 Å². The summed E-state index contributed by atoms with van der Waals surface area (Å²) in [4.78, 5) is 13.6. The summed E-state index contributed by atoms with van der Waals surface area (Å²) in [5.41, 5.74) is 0. The highest BCUT2D eigenvalue weighted by atomic mass is 16.6. The summed E-state index contributed by atoms with van der Waals surface area (Å²) in [6.45, 7) is 5.52. The number of nitrogens with zero attached hydrogens (tertiary/aromatic N) is 1. The number of amides is 1. The van der Waals surface area contributed by atoms with Crippen molar-refractivity contribution in [2.75, 3.05) is 13.1 Å². The van der Waals surface area contributed by atoms with Gasteiger partial charge in [0.05, 0.1) is 6.10 Å². The quantitative estimate of drug-likeness (QED) is 0.682. The van der Waals surface area contributed by atoms with Crippen molar-refractivity contribution in [2.24, 2.45) is 0 Å². The molecule has 2 unspecified atom stereocenters. The number of rotatable bonds is 1. The lowest BCUT2D eigenvalue weighted by Gasteiger charge is -2.45. The molecule has 14 heavy (non-hydrogen) atoms. The zero-order chi connectivity index (χ0) is 10.1. The van der Waals surface area contributed by atoms with Crippen LogP contribution in [0.2, 0.25) is 0 Å². The second kappa shape index (κ2) is 3.77. The van der Waals surface area contributed by atoms with E-state index in [0.29, 0.717) is 12.1 Å². The van der Waals surface area contributed by atoms with Crippen LogP contribution in [-0.4, -0.2) is 42.3 Å². The molecule has 3 aliphatic rings. The first-order valence-electron chi connectivity index (χ1n) is 5.37. The standard InChI is InChI=1S/C10H18N2O2/c1-7(2)14-10(13)12-6-8-3-4-9(12)5-11-8/h7-9,11H,3-6H2,1-2H3. The maximum absolute atomic E-state index is 11.7. The topological polar surface area (TPSA) is 41.6 Å². The van der Waals surface area contributed by atoms with Gasteiger partial charge in [0.25, 0.3) is 0 Å². The normalized spacial score (nSPS) is 30.9. The average Bonchev–Trinajstić information content (AvgIpc) is 2.18. The molecule has 80 valence electrons. The van der Waals surface area contributed by atoms with Crippen LogP contribution in [0.4, 0.5) is 4.79 Å². The lowest BCUT2D eigenvalue weighted by molar-refractivity contribution is 0.0298. The van der Waals surface area contributed by atoms with Gasteiger partial charge in [0.15, 0.2) is 0 Å². The predicted molar refractivity (Wildman–Crippen MR) is 53.1 cm³/mol. The number of carbonyl (C=O) groups is 1. The van der Waals surface area contributed by atoms with Crippen LogP contribution in [0, 0.1) is 0 Å². The number of ether oxygens (including phenoxy) is 1. The molecule has 0 aromatic heterocycles. The Morgan fingerprint density at radius 2 is 2.29 bits per heavy atom. The summed E-state index contributed by atoms with van der Waals surface area (Å²) in [5, 5.41) is 3.41. The molecule has 4 heteroatoms. The fraction of sp³-hybridized carbons (Fsp3) is 0.900. The summed E-state index contributed by atoms with van der Waals surface area (Å²) in [6.07, 6.45) is 2.15. The van der Waals surface area contributed by atoms with Crippen LogP contribution in [0.25, 0.3) is 0 Å². The van der Waals surface area contributed by atoms with E-state index in [1.165, 1.54) is 6.42 Å². The molecule has 2 bridgehead atoms. The summed E-state index contributed by atoms with van der Waals surface area (Å²) in [6, 6.07) is 0.839. The van der Waals surface area contributed by atoms with Crippen LogP contribution >= 0.6 is 0 Å². The fourth-order valence-corrected chi connectivity index (χ4v) is 2.20. The summed E-state index contributed by atoms with van der Waals surface area (Å²) in [5.74, 6) is 0. The number of piperazine rings is 1. The van der Waals surface area contributed by atoms with Crippen molar-refractivity contribution in [2.45, 2.75) is 44.9 Å². The number of piperidine rings is 2. The number of carbonyl (C=O) groups excluding carboxylic acids is 1. The Labute approximate surface area is 84.6 Å². The highest BCUT2D eigenvalue weighted by molar-refractivity contribution is 5.68. The van der Waals surface area contributed by atoms with Crippen molar-refractivity contribution < 1.29 is 9.53 Å². The lowest BCUT2D eigenvalue weighted by Crippen LogP contribution is -2.62. The van der Waals surface area contributed by atoms with Crippen LogP contribution in [0.15, 0.2) is 0 Å². The molecular formula is C10H18N2O2. The maximum atomic E-state index is 11.7. The number of hydrogen-bond acceptors (Lipinski definition) is 3. The predicted octanol–water partition coefficient (Wildman–Crippen LogP) is 0.968. The molecule has 0 aromatic rings. The van der Waals surface area contributed by atoms with Crippen LogP contribution in [-0.2, 0) is 4.74 Å². The van der Waals surface area contributed by atoms with Gasteiger partial charge in [-0.3, -0.25) is 0 Å². The molecule has 0 radical (unpaired) electrons. The monoisotopic (exact) mass is 198 g/mol. The van der Waals surface area contributed by atoms with Crippen molar-refractivity contribution in [3.63, 3.8) is 0 Å². The van der Waals surface area contributed by atoms with Gasteiger partial charge in [-0.2, -0.15) is 0 Å². The molecule has 3 aliphatic heterocycles. The van der Waals surface area contributed by atoms with Crippen molar-refractivity contribution in [3.05, 3.63) is 0 Å². The first-order valence-corrected chi connectivity index (χ1v) is 5.37. The van der Waals surface area contributed by atoms with Gasteiger partial charge in [-0.25, -0.2) is 4.79 Å². The van der Waals surface area contributed by atoms with Crippen LogP contribution in [0.5, 0.6) is 0 Å². The molecule has 0 spiro atoms. The molecule has 1 N–H and O–H groups in total. The number of nitrogens with one attached hydrogen (secondary N) is 1. The Hall–Kier alpha value is -0.770. The van der Waals surface area contributed by atoms with Crippen LogP contribution in [0.1, 0.15) is 26.7 Å². The van der Waals surface area contributed by atoms with E-state index in [1.807, 2.05) is 18.7 Å². The molecule has 0 aromatic carbocycles. The molecule has 2 atom stereocenters. The number of hydrogen-bond donors (Lipinski definition) is 1. The van der Waals surface area contributed by atoms with E-state index in [1.54, 1.807) is 0 Å². The second-order valence-electron chi connectivity index (χ2n) is 4.42. The zero-order valence-electron chi connectivity index (χ0n) is 8.82. The van der Waals surface area contributed by atoms with E-state index in [-0.39, 0.29) is 12.2 Å². The van der Waals surface area contributed by atoms with Gasteiger partial charge in [0.2, 0.25) is 0 Å². The molecule has 0 saturated carbocycles. The fourth-order valence-electron chi connectivity index (χ4n) is 2.20. The van der Waals surface area contributed by atoms with Gasteiger partial charge in [0.1, 0.15) is 0 Å². The molecule has 3 saturated heterocycles. The van der Waals surface area contributed by atoms with Crippen molar-refractivity contribution in [1.29, 1.82) is 0 Å². The zero-order valence-corrected chi connectivity index (χ0v) is 8.82. The molecule has 0 aliphatic carbocycles. The van der Waals surface area contributed by atoms with Crippen LogP contribution in [0.3, 0.4) is 0 Å². The van der Waals surface area contributed by atoms with Crippen molar-refractivity contribution in [3.8, 4) is 0 Å². The molecule has 3 rings (SSSR count). The van der Waals surface area contributed by atoms with Gasteiger partial charge in [0, 0.05) is 25.2 Å². The third-order valence-corrected chi connectivity index (χ3v) is 2.92. The molecule has 1 amide bonds. The molecule has 4 nitrogen and oxygen atoms in total. The lowest BCUT2D eigenvalue weighted by atomic mass is 9.94. The van der Waals surface area contributed by atoms with Crippen molar-refractivity contribution in [1.82, 2.24) is 10.2 Å². The maximum Gasteiger partial charge on any atom is 0.410 e. The van der Waals surface area contributed by atoms with Gasteiger partial charge >= 0.3 is 6.09 Å². The largest absolute Gasteiger partial charge is 0.447 e. The summed E-state index contributed by atoms with van der Waals surface area (Å²) >= 11 is 0. The van der Waals surface area contributed by atoms with E-state index in [9.17, 15) is 4.79 Å². The Kier molecular flexibility index (Phi) is 2.63. The SMILES string of the molecule is CC(C)OC(=O)N1CC2CCC1CN2. The third kappa shape index (κ3) is 1.85. The minimum Gasteiger partial charge on any atom is -0.447 e. The van der Waals surface area contributed by atoms with Gasteiger partial charge in [-0.1, -0.05) is 0 Å². The first-order chi connectivity index (χ1) is 6.66. The van der Waals surface area contributed by atoms with E-state index in [0.717, 1.165) is 19.5 Å². The number of fused-ring (bicyclic) bond motifs is 3. The third-order valence-electron chi connectivity index (χ3n) is 2.92. The minimum absolute atomic E-state index is 0.0177. The van der Waals surface area contributed by atoms with E-state index >= 15 is 0 Å². The first kappa shape index (κ1) is 9.77. The van der Waals surface area contributed by atoms with Gasteiger partial charge < -0.3 is 15.0 Å². The van der Waals surface area contributed by atoms with E-state index in [4.69, 9.17) is 4.74 Å². The molecule has 3 fully saturated rings. The Morgan fingerprint density at radius 1 is 1.50 bits per heavy atom. The van der Waals surface area contributed by atoms with E-state index in [2.05, 4.69) is 5.32 Å².